The summed E-state index contributed by atoms with van der Waals surface area (Å²) in [5.74, 6) is -1.17. The minimum Gasteiger partial charge on any atom is -0.466 e. The predicted octanol–water partition coefficient (Wildman–Crippen LogP) is 2.09. The van der Waals surface area contributed by atoms with E-state index in [1.807, 2.05) is 7.05 Å². The Balaban J connectivity index is 2.26. The number of benzene rings is 1. The molecule has 0 radical (unpaired) electrons. The number of ether oxygens (including phenoxy) is 1. The summed E-state index contributed by atoms with van der Waals surface area (Å²) in [5, 5.41) is 0. The van der Waals surface area contributed by atoms with Crippen molar-refractivity contribution in [2.45, 2.75) is 12.5 Å². The molecular weight excluding hydrogens is 346 g/mol. The van der Waals surface area contributed by atoms with Crippen molar-refractivity contribution in [3.63, 3.8) is 0 Å². The first-order valence-corrected chi connectivity index (χ1v) is 10.2. The van der Waals surface area contributed by atoms with Gasteiger partial charge in [0.15, 0.2) is 0 Å². The summed E-state index contributed by atoms with van der Waals surface area (Å²) >= 11 is 0. The number of carbonyl (C=O) groups excluding carboxylic acids is 3. The van der Waals surface area contributed by atoms with Gasteiger partial charge in [0.1, 0.15) is 0 Å². The van der Waals surface area contributed by atoms with Gasteiger partial charge >= 0.3 is 5.97 Å². The quantitative estimate of drug-likeness (QED) is 0.320. The molecular formula is C16H20N2O4P2. The Morgan fingerprint density at radius 2 is 1.92 bits per heavy atom. The van der Waals surface area contributed by atoms with Gasteiger partial charge in [-0.1, -0.05) is 27.1 Å². The first kappa shape index (κ1) is 18.7. The Hall–Kier alpha value is -1.61. The smallest absolute Gasteiger partial charge is 0.330 e. The fourth-order valence-electron chi connectivity index (χ4n) is 2.47. The number of imide groups is 1. The van der Waals surface area contributed by atoms with Gasteiger partial charge in [-0.05, 0) is 34.0 Å². The van der Waals surface area contributed by atoms with Crippen LogP contribution in [0.5, 0.6) is 0 Å². The van der Waals surface area contributed by atoms with Crippen LogP contribution in [-0.4, -0.2) is 54.1 Å². The van der Waals surface area contributed by atoms with Crippen molar-refractivity contribution in [2.24, 2.45) is 0 Å². The van der Waals surface area contributed by atoms with E-state index in [1.165, 1.54) is 18.1 Å². The van der Waals surface area contributed by atoms with E-state index >= 15 is 0 Å². The van der Waals surface area contributed by atoms with Crippen LogP contribution in [-0.2, 0) is 9.53 Å². The zero-order valence-corrected chi connectivity index (χ0v) is 15.7. The number of methoxy groups -OCH3 is 1. The largest absolute Gasteiger partial charge is 0.466 e. The highest BCUT2D eigenvalue weighted by Crippen LogP contribution is 2.28. The number of carbonyl (C=O) groups is 3. The molecule has 3 atom stereocenters. The van der Waals surface area contributed by atoms with Crippen molar-refractivity contribution in [1.82, 2.24) is 9.57 Å². The van der Waals surface area contributed by atoms with E-state index in [9.17, 15) is 14.4 Å². The van der Waals surface area contributed by atoms with Crippen LogP contribution in [0.1, 0.15) is 27.1 Å². The van der Waals surface area contributed by atoms with E-state index < -0.39 is 12.0 Å². The van der Waals surface area contributed by atoms with Crippen LogP contribution in [0.25, 0.3) is 0 Å². The number of esters is 1. The Labute approximate surface area is 145 Å². The molecule has 128 valence electrons. The molecule has 1 heterocycles. The van der Waals surface area contributed by atoms with E-state index in [4.69, 9.17) is 0 Å². The molecule has 1 aliphatic rings. The van der Waals surface area contributed by atoms with Crippen LogP contribution in [0.3, 0.4) is 0 Å². The summed E-state index contributed by atoms with van der Waals surface area (Å²) in [7, 11) is 6.42. The molecule has 1 aromatic carbocycles. The summed E-state index contributed by atoms with van der Waals surface area (Å²) < 4.78 is 6.67. The predicted molar refractivity (Wildman–Crippen MR) is 97.2 cm³/mol. The van der Waals surface area contributed by atoms with Gasteiger partial charge in [-0.15, -0.1) is 0 Å². The van der Waals surface area contributed by atoms with Crippen molar-refractivity contribution >= 4 is 35.1 Å². The second-order valence-corrected chi connectivity index (χ2v) is 7.11. The molecule has 2 amide bonds. The average molecular weight is 366 g/mol. The average Bonchev–Trinajstić information content (AvgIpc) is 2.86. The third kappa shape index (κ3) is 4.07. The van der Waals surface area contributed by atoms with Crippen LogP contribution in [0, 0.1) is 0 Å². The van der Waals surface area contributed by atoms with Gasteiger partial charge in [-0.3, -0.25) is 19.2 Å². The highest BCUT2D eigenvalue weighted by atomic mass is 32.0. The molecule has 0 aliphatic carbocycles. The fourth-order valence-corrected chi connectivity index (χ4v) is 3.11. The molecule has 2 rings (SSSR count). The van der Waals surface area contributed by atoms with Gasteiger partial charge in [0.05, 0.1) is 24.3 Å². The van der Waals surface area contributed by atoms with Gasteiger partial charge < -0.3 is 4.74 Å². The van der Waals surface area contributed by atoms with Crippen molar-refractivity contribution in [1.29, 1.82) is 0 Å². The monoisotopic (exact) mass is 366 g/mol. The van der Waals surface area contributed by atoms with Crippen molar-refractivity contribution < 1.29 is 19.1 Å². The molecule has 6 nitrogen and oxygen atoms in total. The fraction of sp³-hybridized carbons (Fsp3) is 0.312. The van der Waals surface area contributed by atoms with Gasteiger partial charge in [0.2, 0.25) is 0 Å². The van der Waals surface area contributed by atoms with Crippen molar-refractivity contribution in [2.75, 3.05) is 20.7 Å². The van der Waals surface area contributed by atoms with Gasteiger partial charge in [0, 0.05) is 12.6 Å². The third-order valence-electron chi connectivity index (χ3n) is 3.79. The summed E-state index contributed by atoms with van der Waals surface area (Å²) in [6.07, 6.45) is 3.36. The minimum absolute atomic E-state index is 0.328. The van der Waals surface area contributed by atoms with E-state index in [0.29, 0.717) is 32.5 Å². The molecule has 1 aliphatic heterocycles. The zero-order valence-electron chi connectivity index (χ0n) is 13.6. The van der Waals surface area contributed by atoms with Crippen LogP contribution < -0.4 is 0 Å². The van der Waals surface area contributed by atoms with Crippen LogP contribution in [0.15, 0.2) is 36.4 Å². The van der Waals surface area contributed by atoms with Gasteiger partial charge in [-0.2, -0.15) is 0 Å². The lowest BCUT2D eigenvalue weighted by Gasteiger charge is -2.25. The van der Waals surface area contributed by atoms with Crippen LogP contribution >= 0.6 is 17.3 Å². The molecule has 24 heavy (non-hydrogen) atoms. The molecule has 0 bridgehead atoms. The molecule has 0 spiro atoms. The molecule has 0 saturated carbocycles. The maximum Gasteiger partial charge on any atom is 0.330 e. The third-order valence-corrected chi connectivity index (χ3v) is 5.78. The van der Waals surface area contributed by atoms with E-state index in [-0.39, 0.29) is 11.8 Å². The lowest BCUT2D eigenvalue weighted by Crippen LogP contribution is -2.40. The summed E-state index contributed by atoms with van der Waals surface area (Å²) in [6.45, 7) is 0.686. The number of hydrogen-bond acceptors (Lipinski definition) is 5. The molecule has 0 N–H and O–H groups in total. The molecule has 0 saturated heterocycles. The highest BCUT2D eigenvalue weighted by Gasteiger charge is 2.38. The lowest BCUT2D eigenvalue weighted by atomic mass is 10.1. The Kier molecular flexibility index (Phi) is 6.61. The van der Waals surface area contributed by atoms with Crippen LogP contribution in [0.4, 0.5) is 0 Å². The molecule has 0 fully saturated rings. The Bertz CT molecular complexity index is 643. The Morgan fingerprint density at radius 3 is 2.42 bits per heavy atom. The molecule has 3 unspecified atom stereocenters. The maximum absolute atomic E-state index is 12.6. The van der Waals surface area contributed by atoms with Gasteiger partial charge in [0.25, 0.3) is 11.8 Å². The zero-order chi connectivity index (χ0) is 17.7. The number of fused-ring (bicyclic) bond motifs is 1. The topological polar surface area (TPSA) is 66.9 Å². The number of rotatable bonds is 7. The molecule has 1 aromatic rings. The number of nitrogens with zero attached hydrogens (tertiary/aromatic N) is 2. The van der Waals surface area contributed by atoms with E-state index in [1.54, 1.807) is 30.3 Å². The summed E-state index contributed by atoms with van der Waals surface area (Å²) in [5.41, 5.74) is 0.806. The van der Waals surface area contributed by atoms with Crippen molar-refractivity contribution in [3.05, 3.63) is 47.5 Å². The summed E-state index contributed by atoms with van der Waals surface area (Å²) in [4.78, 5) is 37.9. The van der Waals surface area contributed by atoms with E-state index in [0.717, 1.165) is 0 Å². The second-order valence-electron chi connectivity index (χ2n) is 5.31. The molecule has 8 heteroatoms. The Morgan fingerprint density at radius 1 is 1.33 bits per heavy atom. The first-order valence-electron chi connectivity index (χ1n) is 7.40. The lowest BCUT2D eigenvalue weighted by molar-refractivity contribution is -0.134. The van der Waals surface area contributed by atoms with Crippen molar-refractivity contribution in [3.8, 4) is 0 Å². The highest BCUT2D eigenvalue weighted by molar-refractivity contribution is 8.01. The van der Waals surface area contributed by atoms with Gasteiger partial charge in [-0.25, -0.2) is 4.79 Å². The van der Waals surface area contributed by atoms with E-state index in [2.05, 4.69) is 18.3 Å². The standard InChI is InChI=1S/C16H20N2O4P2/c1-17(24-23)10-9-11(7-8-14(19)22-2)18-15(20)12-5-3-4-6-13(12)16(18)21/h3-8,11,24H,9-10,23H2,1-2H3/b8-7+. The number of amides is 2. The van der Waals surface area contributed by atoms with Crippen LogP contribution in [0.2, 0.25) is 0 Å². The molecule has 0 aromatic heterocycles. The normalized spacial score (nSPS) is 15.8. The summed E-state index contributed by atoms with van der Waals surface area (Å²) in [6, 6.07) is 6.26. The SMILES string of the molecule is COC(=O)/C=C/C(CCN(C)PP)N1C(=O)c2ccccc2C1=O. The first-order chi connectivity index (χ1) is 11.5. The minimum atomic E-state index is -0.516. The number of hydrogen-bond donors (Lipinski definition) is 0. The maximum atomic E-state index is 12.6. The second kappa shape index (κ2) is 8.48.